The van der Waals surface area contributed by atoms with Gasteiger partial charge in [0.2, 0.25) is 0 Å². The molecule has 0 saturated heterocycles. The SMILES string of the molecule is COC(=O)c1cc2nc(c1C(=O)OC)CCCCCCCCC2. The molecule has 1 aromatic heterocycles. The van der Waals surface area contributed by atoms with Gasteiger partial charge in [-0.05, 0) is 31.7 Å². The van der Waals surface area contributed by atoms with Gasteiger partial charge in [0, 0.05) is 5.69 Å². The summed E-state index contributed by atoms with van der Waals surface area (Å²) in [5, 5.41) is 0. The molecule has 0 unspecified atom stereocenters. The number of ether oxygens (including phenoxy) is 2. The normalized spacial score (nSPS) is 15.9. The molecule has 0 radical (unpaired) electrons. The third-order valence-electron chi connectivity index (χ3n) is 4.29. The molecule has 1 aromatic rings. The van der Waals surface area contributed by atoms with Crippen molar-refractivity contribution in [2.24, 2.45) is 0 Å². The van der Waals surface area contributed by atoms with Gasteiger partial charge in [0.05, 0.1) is 31.0 Å². The van der Waals surface area contributed by atoms with Crippen molar-refractivity contribution in [2.45, 2.75) is 57.8 Å². The van der Waals surface area contributed by atoms with Gasteiger partial charge in [-0.1, -0.05) is 32.1 Å². The number of carbonyl (C=O) groups is 2. The van der Waals surface area contributed by atoms with Crippen molar-refractivity contribution < 1.29 is 19.1 Å². The highest BCUT2D eigenvalue weighted by Crippen LogP contribution is 2.22. The maximum absolute atomic E-state index is 12.2. The molecule has 5 heteroatoms. The van der Waals surface area contributed by atoms with E-state index in [0.717, 1.165) is 31.4 Å². The van der Waals surface area contributed by atoms with Crippen molar-refractivity contribution in [3.8, 4) is 0 Å². The Hall–Kier alpha value is -1.91. The first-order valence-electron chi connectivity index (χ1n) is 8.36. The van der Waals surface area contributed by atoms with Gasteiger partial charge in [0.25, 0.3) is 0 Å². The van der Waals surface area contributed by atoms with E-state index < -0.39 is 11.9 Å². The van der Waals surface area contributed by atoms with E-state index >= 15 is 0 Å². The van der Waals surface area contributed by atoms with E-state index in [1.54, 1.807) is 6.07 Å². The Kier molecular flexibility index (Phi) is 6.56. The van der Waals surface area contributed by atoms with Gasteiger partial charge >= 0.3 is 11.9 Å². The molecule has 2 heterocycles. The fourth-order valence-corrected chi connectivity index (χ4v) is 3.05. The summed E-state index contributed by atoms with van der Waals surface area (Å²) in [6.07, 6.45) is 9.50. The van der Waals surface area contributed by atoms with E-state index in [0.29, 0.717) is 12.1 Å². The van der Waals surface area contributed by atoms with Crippen LogP contribution in [-0.2, 0) is 22.3 Å². The van der Waals surface area contributed by atoms with E-state index in [1.807, 2.05) is 0 Å². The van der Waals surface area contributed by atoms with Gasteiger partial charge in [0.15, 0.2) is 0 Å². The summed E-state index contributed by atoms with van der Waals surface area (Å²) in [4.78, 5) is 28.9. The molecule has 2 rings (SSSR count). The first kappa shape index (κ1) is 17.4. The summed E-state index contributed by atoms with van der Waals surface area (Å²) in [5.41, 5.74) is 2.06. The minimum atomic E-state index is -0.522. The Bertz CT molecular complexity index is 568. The van der Waals surface area contributed by atoms with E-state index in [-0.39, 0.29) is 11.1 Å². The second kappa shape index (κ2) is 8.65. The molecule has 2 bridgehead atoms. The fourth-order valence-electron chi connectivity index (χ4n) is 3.05. The van der Waals surface area contributed by atoms with Gasteiger partial charge in [-0.15, -0.1) is 0 Å². The predicted molar refractivity (Wildman–Crippen MR) is 86.6 cm³/mol. The van der Waals surface area contributed by atoms with Gasteiger partial charge in [-0.3, -0.25) is 4.98 Å². The lowest BCUT2D eigenvalue weighted by Gasteiger charge is -2.15. The molecular weight excluding hydrogens is 294 g/mol. The van der Waals surface area contributed by atoms with Crippen LogP contribution in [0.1, 0.15) is 77.0 Å². The Morgan fingerprint density at radius 2 is 1.43 bits per heavy atom. The number of fused-ring (bicyclic) bond motifs is 2. The lowest BCUT2D eigenvalue weighted by Crippen LogP contribution is -2.17. The second-order valence-electron chi connectivity index (χ2n) is 5.94. The van der Waals surface area contributed by atoms with Crippen LogP contribution in [-0.4, -0.2) is 31.1 Å². The van der Waals surface area contributed by atoms with Crippen molar-refractivity contribution in [1.29, 1.82) is 0 Å². The van der Waals surface area contributed by atoms with Gasteiger partial charge in [-0.2, -0.15) is 0 Å². The lowest BCUT2D eigenvalue weighted by molar-refractivity contribution is 0.0553. The molecular formula is C18H25NO4. The quantitative estimate of drug-likeness (QED) is 0.781. The summed E-state index contributed by atoms with van der Waals surface area (Å²) < 4.78 is 9.71. The molecule has 0 atom stereocenters. The zero-order valence-electron chi connectivity index (χ0n) is 14.0. The smallest absolute Gasteiger partial charge is 0.340 e. The zero-order valence-corrected chi connectivity index (χ0v) is 14.0. The molecule has 0 aliphatic carbocycles. The molecule has 0 spiro atoms. The third kappa shape index (κ3) is 4.53. The van der Waals surface area contributed by atoms with Gasteiger partial charge in [0.1, 0.15) is 0 Å². The number of carbonyl (C=O) groups excluding carboxylic acids is 2. The van der Waals surface area contributed by atoms with E-state index in [9.17, 15) is 9.59 Å². The van der Waals surface area contributed by atoms with Crippen LogP contribution >= 0.6 is 0 Å². The highest BCUT2D eigenvalue weighted by molar-refractivity contribution is 6.03. The molecule has 0 aromatic carbocycles. The Morgan fingerprint density at radius 3 is 2.04 bits per heavy atom. The molecule has 0 fully saturated rings. The zero-order chi connectivity index (χ0) is 16.7. The second-order valence-corrected chi connectivity index (χ2v) is 5.94. The Balaban J connectivity index is 2.46. The first-order chi connectivity index (χ1) is 11.2. The van der Waals surface area contributed by atoms with Crippen LogP contribution in [0.5, 0.6) is 0 Å². The van der Waals surface area contributed by atoms with Crippen molar-refractivity contribution >= 4 is 11.9 Å². The molecule has 126 valence electrons. The number of hydrogen-bond acceptors (Lipinski definition) is 5. The molecule has 1 aliphatic rings. The van der Waals surface area contributed by atoms with E-state index in [4.69, 9.17) is 9.47 Å². The number of esters is 2. The molecule has 1 aliphatic heterocycles. The first-order valence-corrected chi connectivity index (χ1v) is 8.36. The summed E-state index contributed by atoms with van der Waals surface area (Å²) in [5.74, 6) is -1.03. The lowest BCUT2D eigenvalue weighted by atomic mass is 9.97. The molecule has 0 amide bonds. The third-order valence-corrected chi connectivity index (χ3v) is 4.29. The largest absolute Gasteiger partial charge is 0.465 e. The van der Waals surface area contributed by atoms with Crippen LogP contribution in [0.15, 0.2) is 6.07 Å². The van der Waals surface area contributed by atoms with Crippen molar-refractivity contribution in [2.75, 3.05) is 14.2 Å². The minimum Gasteiger partial charge on any atom is -0.465 e. The van der Waals surface area contributed by atoms with Crippen molar-refractivity contribution in [3.05, 3.63) is 28.6 Å². The van der Waals surface area contributed by atoms with E-state index in [1.165, 1.54) is 39.9 Å². The van der Waals surface area contributed by atoms with Crippen LogP contribution in [0, 0.1) is 0 Å². The number of aryl methyl sites for hydroxylation is 2. The average Bonchev–Trinajstić information content (AvgIpc) is 2.57. The number of nitrogens with zero attached hydrogens (tertiary/aromatic N) is 1. The molecule has 5 nitrogen and oxygen atoms in total. The van der Waals surface area contributed by atoms with Crippen molar-refractivity contribution in [3.63, 3.8) is 0 Å². The highest BCUT2D eigenvalue weighted by atomic mass is 16.5. The predicted octanol–water partition coefficient (Wildman–Crippen LogP) is 3.48. The Labute approximate surface area is 137 Å². The fraction of sp³-hybridized carbons (Fsp3) is 0.611. The van der Waals surface area contributed by atoms with Gasteiger partial charge in [-0.25, -0.2) is 9.59 Å². The van der Waals surface area contributed by atoms with Gasteiger partial charge < -0.3 is 9.47 Å². The van der Waals surface area contributed by atoms with Crippen LogP contribution in [0.3, 0.4) is 0 Å². The van der Waals surface area contributed by atoms with Crippen LogP contribution in [0.4, 0.5) is 0 Å². The van der Waals surface area contributed by atoms with Crippen LogP contribution < -0.4 is 0 Å². The topological polar surface area (TPSA) is 65.5 Å². The number of aromatic nitrogens is 1. The standard InChI is InChI=1S/C18H25NO4/c1-22-17(20)14-12-13-10-8-6-4-3-5-7-9-11-15(19-13)16(14)18(21)23-2/h12H,3-11H2,1-2H3. The maximum Gasteiger partial charge on any atom is 0.340 e. The van der Waals surface area contributed by atoms with Crippen molar-refractivity contribution in [1.82, 2.24) is 4.98 Å². The summed E-state index contributed by atoms with van der Waals surface area (Å²) in [7, 11) is 2.64. The van der Waals surface area contributed by atoms with Crippen LogP contribution in [0.25, 0.3) is 0 Å². The average molecular weight is 319 g/mol. The number of pyridine rings is 1. The van der Waals surface area contributed by atoms with Crippen LogP contribution in [0.2, 0.25) is 0 Å². The minimum absolute atomic E-state index is 0.264. The molecule has 0 N–H and O–H groups in total. The number of methoxy groups -OCH3 is 2. The number of hydrogen-bond donors (Lipinski definition) is 0. The van der Waals surface area contributed by atoms with E-state index in [2.05, 4.69) is 4.98 Å². The highest BCUT2D eigenvalue weighted by Gasteiger charge is 2.24. The Morgan fingerprint density at radius 1 is 0.870 bits per heavy atom. The summed E-state index contributed by atoms with van der Waals surface area (Å²) in [6.45, 7) is 0. The molecule has 23 heavy (non-hydrogen) atoms. The maximum atomic E-state index is 12.2. The monoisotopic (exact) mass is 319 g/mol. The molecule has 0 saturated carbocycles. The summed E-state index contributed by atoms with van der Waals surface area (Å²) >= 11 is 0. The summed E-state index contributed by atoms with van der Waals surface area (Å²) in [6, 6.07) is 1.69. The number of rotatable bonds is 2.